The average molecular weight is 490 g/mol. The number of nitrogens with zero attached hydrogens (tertiary/aromatic N) is 1. The maximum Gasteiger partial charge on any atom is 0.337 e. The van der Waals surface area contributed by atoms with Crippen molar-refractivity contribution < 1.29 is 19.0 Å². The number of benzene rings is 2. The zero-order valence-electron chi connectivity index (χ0n) is 20.1. The van der Waals surface area contributed by atoms with Crippen molar-refractivity contribution >= 4 is 11.8 Å². The van der Waals surface area contributed by atoms with E-state index in [1.807, 2.05) is 49.4 Å². The molecular formula is C27H27N3O6. The van der Waals surface area contributed by atoms with E-state index in [0.717, 1.165) is 5.56 Å². The number of rotatable bonds is 1. The first-order valence-electron chi connectivity index (χ1n) is 11.9. The number of carbonyl (C=O) groups is 1. The molecule has 2 aliphatic heterocycles. The molecule has 3 aromatic rings. The SMILES string of the molecule is CCn1c2c(c(=O)[nH]c1=O)[C@H]1C(=C(C)N2)C(=O)OCc2ccccc2OCCCOc2ccccc21. The van der Waals surface area contributed by atoms with Crippen molar-refractivity contribution in [2.45, 2.75) is 39.3 Å². The van der Waals surface area contributed by atoms with Crippen LogP contribution < -0.4 is 26.0 Å². The van der Waals surface area contributed by atoms with E-state index in [1.54, 1.807) is 13.0 Å². The molecule has 0 saturated carbocycles. The third-order valence-electron chi connectivity index (χ3n) is 6.42. The van der Waals surface area contributed by atoms with Gasteiger partial charge in [0.15, 0.2) is 0 Å². The number of para-hydroxylation sites is 2. The van der Waals surface area contributed by atoms with Gasteiger partial charge in [0, 0.05) is 29.8 Å². The predicted molar refractivity (Wildman–Crippen MR) is 133 cm³/mol. The summed E-state index contributed by atoms with van der Waals surface area (Å²) in [6, 6.07) is 14.7. The van der Waals surface area contributed by atoms with Gasteiger partial charge in [-0.25, -0.2) is 9.59 Å². The molecule has 2 N–H and O–H groups in total. The van der Waals surface area contributed by atoms with Gasteiger partial charge in [-0.15, -0.1) is 0 Å². The van der Waals surface area contributed by atoms with E-state index in [9.17, 15) is 14.4 Å². The van der Waals surface area contributed by atoms with Gasteiger partial charge >= 0.3 is 11.7 Å². The first-order chi connectivity index (χ1) is 17.5. The molecule has 9 nitrogen and oxygen atoms in total. The van der Waals surface area contributed by atoms with Crippen molar-refractivity contribution in [3.63, 3.8) is 0 Å². The fourth-order valence-electron chi connectivity index (χ4n) is 4.74. The number of allylic oxidation sites excluding steroid dienone is 1. The molecule has 0 amide bonds. The summed E-state index contributed by atoms with van der Waals surface area (Å²) in [7, 11) is 0. The molecule has 186 valence electrons. The van der Waals surface area contributed by atoms with Gasteiger partial charge in [-0.3, -0.25) is 14.3 Å². The molecule has 0 unspecified atom stereocenters. The van der Waals surface area contributed by atoms with Gasteiger partial charge in [0.1, 0.15) is 23.9 Å². The Balaban J connectivity index is 1.70. The van der Waals surface area contributed by atoms with Crippen molar-refractivity contribution in [2.75, 3.05) is 18.5 Å². The van der Waals surface area contributed by atoms with Crippen LogP contribution in [-0.2, 0) is 22.7 Å². The number of cyclic esters (lactones) is 1. The van der Waals surface area contributed by atoms with E-state index in [4.69, 9.17) is 14.2 Å². The zero-order valence-corrected chi connectivity index (χ0v) is 20.1. The van der Waals surface area contributed by atoms with Gasteiger partial charge in [-0.2, -0.15) is 0 Å². The lowest BCUT2D eigenvalue weighted by Gasteiger charge is -2.31. The number of esters is 1. The third-order valence-corrected chi connectivity index (χ3v) is 6.42. The summed E-state index contributed by atoms with van der Waals surface area (Å²) in [6.45, 7) is 4.70. The highest BCUT2D eigenvalue weighted by atomic mass is 16.5. The van der Waals surface area contributed by atoms with Crippen molar-refractivity contribution in [1.82, 2.24) is 9.55 Å². The molecular weight excluding hydrogens is 462 g/mol. The van der Waals surface area contributed by atoms with E-state index >= 15 is 0 Å². The first-order valence-corrected chi connectivity index (χ1v) is 11.9. The Kier molecular flexibility index (Phi) is 6.37. The van der Waals surface area contributed by atoms with Crippen LogP contribution in [0.2, 0.25) is 0 Å². The number of fused-ring (bicyclic) bond motifs is 6. The van der Waals surface area contributed by atoms with Crippen LogP contribution in [-0.4, -0.2) is 28.7 Å². The fourth-order valence-corrected chi connectivity index (χ4v) is 4.74. The lowest BCUT2D eigenvalue weighted by molar-refractivity contribution is -0.140. The van der Waals surface area contributed by atoms with Crippen LogP contribution in [0, 0.1) is 0 Å². The molecule has 0 fully saturated rings. The van der Waals surface area contributed by atoms with Crippen LogP contribution in [0.5, 0.6) is 11.5 Å². The fraction of sp³-hybridized carbons (Fsp3) is 0.296. The van der Waals surface area contributed by atoms with E-state index in [-0.39, 0.29) is 17.7 Å². The Morgan fingerprint density at radius 3 is 2.42 bits per heavy atom. The number of nitrogens with one attached hydrogen (secondary N) is 2. The largest absolute Gasteiger partial charge is 0.493 e. The molecule has 0 aliphatic carbocycles. The molecule has 0 radical (unpaired) electrons. The highest BCUT2D eigenvalue weighted by molar-refractivity contribution is 5.94. The Labute approximate surface area is 207 Å². The predicted octanol–water partition coefficient (Wildman–Crippen LogP) is 3.29. The maximum absolute atomic E-state index is 13.6. The number of ether oxygens (including phenoxy) is 3. The Morgan fingerprint density at radius 1 is 0.944 bits per heavy atom. The van der Waals surface area contributed by atoms with Gasteiger partial charge < -0.3 is 19.5 Å². The van der Waals surface area contributed by atoms with Crippen LogP contribution >= 0.6 is 0 Å². The third kappa shape index (κ3) is 4.17. The van der Waals surface area contributed by atoms with Crippen molar-refractivity contribution in [3.05, 3.63) is 97.3 Å². The van der Waals surface area contributed by atoms with Crippen molar-refractivity contribution in [2.24, 2.45) is 0 Å². The van der Waals surface area contributed by atoms with E-state index < -0.39 is 23.1 Å². The van der Waals surface area contributed by atoms with Crippen LogP contribution in [0.3, 0.4) is 0 Å². The van der Waals surface area contributed by atoms with E-state index in [1.165, 1.54) is 4.57 Å². The lowest BCUT2D eigenvalue weighted by Crippen LogP contribution is -2.39. The summed E-state index contributed by atoms with van der Waals surface area (Å²) in [5.41, 5.74) is 1.33. The smallest absolute Gasteiger partial charge is 0.337 e. The zero-order chi connectivity index (χ0) is 25.2. The molecule has 36 heavy (non-hydrogen) atoms. The Morgan fingerprint density at radius 2 is 1.64 bits per heavy atom. The summed E-state index contributed by atoms with van der Waals surface area (Å²) in [5, 5.41) is 3.13. The van der Waals surface area contributed by atoms with Crippen LogP contribution in [0.1, 0.15) is 42.9 Å². The van der Waals surface area contributed by atoms with Crippen LogP contribution in [0.25, 0.3) is 0 Å². The summed E-state index contributed by atoms with van der Waals surface area (Å²) in [4.78, 5) is 41.8. The number of carbonyl (C=O) groups excluding carboxylic acids is 1. The topological polar surface area (TPSA) is 112 Å². The molecule has 1 atom stereocenters. The minimum absolute atomic E-state index is 0.00826. The molecule has 0 bridgehead atoms. The van der Waals surface area contributed by atoms with Gasteiger partial charge in [0.25, 0.3) is 5.56 Å². The Bertz CT molecular complexity index is 1470. The van der Waals surface area contributed by atoms with Gasteiger partial charge in [-0.1, -0.05) is 36.4 Å². The second-order valence-corrected chi connectivity index (χ2v) is 8.63. The van der Waals surface area contributed by atoms with Gasteiger partial charge in [-0.05, 0) is 26.0 Å². The quantitative estimate of drug-likeness (QED) is 0.505. The summed E-state index contributed by atoms with van der Waals surface area (Å²) in [6.07, 6.45) is 0.628. The normalized spacial score (nSPS) is 17.6. The summed E-state index contributed by atoms with van der Waals surface area (Å²) < 4.78 is 19.2. The molecule has 1 aromatic heterocycles. The minimum Gasteiger partial charge on any atom is -0.493 e. The molecule has 0 saturated heterocycles. The number of hydrogen-bond donors (Lipinski definition) is 2. The highest BCUT2D eigenvalue weighted by Gasteiger charge is 2.38. The maximum atomic E-state index is 13.6. The summed E-state index contributed by atoms with van der Waals surface area (Å²) >= 11 is 0. The first kappa shape index (κ1) is 23.5. The average Bonchev–Trinajstić information content (AvgIpc) is 2.87. The second kappa shape index (κ2) is 9.77. The lowest BCUT2D eigenvalue weighted by atomic mass is 9.81. The highest BCUT2D eigenvalue weighted by Crippen LogP contribution is 2.43. The number of aromatic amines is 1. The van der Waals surface area contributed by atoms with E-state index in [2.05, 4.69) is 10.3 Å². The molecule has 9 heteroatoms. The molecule has 2 aliphatic rings. The van der Waals surface area contributed by atoms with E-state index in [0.29, 0.717) is 54.8 Å². The molecule has 3 heterocycles. The number of H-pyrrole nitrogens is 1. The molecule has 5 rings (SSSR count). The van der Waals surface area contributed by atoms with Gasteiger partial charge in [0.2, 0.25) is 0 Å². The Hall–Kier alpha value is -4.27. The van der Waals surface area contributed by atoms with Crippen LogP contribution in [0.15, 0.2) is 69.4 Å². The summed E-state index contributed by atoms with van der Waals surface area (Å²) in [5.74, 6) is 0.160. The molecule has 2 aromatic carbocycles. The van der Waals surface area contributed by atoms with Crippen LogP contribution in [0.4, 0.5) is 5.82 Å². The number of anilines is 1. The monoisotopic (exact) mass is 489 g/mol. The second-order valence-electron chi connectivity index (χ2n) is 8.63. The standard InChI is InChI=1S/C27H27N3O6/c1-3-30-24-23(25(31)29-27(30)33)22-18-10-5-7-12-20(18)35-14-8-13-34-19-11-6-4-9-17(19)15-36-26(32)21(22)16(2)28-24/h4-7,9-12,22,28H,3,8,13-15H2,1-2H3,(H,29,31,33)/t22-/m1/s1. The van der Waals surface area contributed by atoms with Gasteiger partial charge in [0.05, 0.1) is 30.3 Å². The minimum atomic E-state index is -0.804. The molecule has 0 spiro atoms. The number of hydrogen-bond acceptors (Lipinski definition) is 7. The van der Waals surface area contributed by atoms with Crippen molar-refractivity contribution in [1.29, 1.82) is 0 Å². The van der Waals surface area contributed by atoms with Crippen molar-refractivity contribution in [3.8, 4) is 11.5 Å². The number of aromatic nitrogens is 2.